The van der Waals surface area contributed by atoms with Gasteiger partial charge in [0.15, 0.2) is 11.2 Å². The summed E-state index contributed by atoms with van der Waals surface area (Å²) in [6, 6.07) is 11.3. The lowest BCUT2D eigenvalue weighted by atomic mass is 10.1. The van der Waals surface area contributed by atoms with E-state index >= 15 is 0 Å². The molecule has 1 heterocycles. The predicted molar refractivity (Wildman–Crippen MR) is 102 cm³/mol. The van der Waals surface area contributed by atoms with Gasteiger partial charge in [0.1, 0.15) is 0 Å². The summed E-state index contributed by atoms with van der Waals surface area (Å²) >= 11 is 0. The van der Waals surface area contributed by atoms with Crippen LogP contribution in [0.15, 0.2) is 53.4 Å². The number of fused-ring (bicyclic) bond motifs is 1. The molecule has 1 aromatic heterocycles. The normalized spacial score (nSPS) is 11.4. The van der Waals surface area contributed by atoms with Gasteiger partial charge in [-0.25, -0.2) is 18.2 Å². The number of non-ortho nitro benzene ring substituents is 1. The molecule has 0 bridgehead atoms. The van der Waals surface area contributed by atoms with Crippen molar-refractivity contribution in [3.63, 3.8) is 0 Å². The number of carboxylic acid groups (broad SMARTS) is 1. The third-order valence-corrected chi connectivity index (χ3v) is 6.02. The number of anilines is 1. The van der Waals surface area contributed by atoms with E-state index in [4.69, 9.17) is 0 Å². The molecular formula is C18H15N3O6S. The lowest BCUT2D eigenvalue weighted by Crippen LogP contribution is -2.27. The van der Waals surface area contributed by atoms with E-state index < -0.39 is 32.3 Å². The van der Waals surface area contributed by atoms with Crippen molar-refractivity contribution in [1.82, 2.24) is 4.98 Å². The van der Waals surface area contributed by atoms with E-state index in [1.54, 1.807) is 12.1 Å². The highest BCUT2D eigenvalue weighted by atomic mass is 32.2. The molecule has 3 aromatic rings. The summed E-state index contributed by atoms with van der Waals surface area (Å²) in [5, 5.41) is 20.8. The number of carboxylic acids is 1. The second-order valence-corrected chi connectivity index (χ2v) is 8.02. The zero-order chi connectivity index (χ0) is 20.6. The minimum atomic E-state index is -4.03. The molecule has 0 radical (unpaired) electrons. The Bertz CT molecular complexity index is 1210. The van der Waals surface area contributed by atoms with Gasteiger partial charge in [-0.1, -0.05) is 29.8 Å². The van der Waals surface area contributed by atoms with Gasteiger partial charge < -0.3 is 5.11 Å². The number of pyridine rings is 1. The molecule has 0 spiro atoms. The van der Waals surface area contributed by atoms with Crippen LogP contribution in [0, 0.1) is 17.0 Å². The number of aromatic nitrogens is 1. The Morgan fingerprint density at radius 1 is 1.18 bits per heavy atom. The van der Waals surface area contributed by atoms with Gasteiger partial charge in [0.25, 0.3) is 15.7 Å². The zero-order valence-corrected chi connectivity index (χ0v) is 15.7. The highest BCUT2D eigenvalue weighted by Crippen LogP contribution is 2.34. The lowest BCUT2D eigenvalue weighted by molar-refractivity contribution is -0.383. The van der Waals surface area contributed by atoms with Gasteiger partial charge in [0, 0.05) is 18.5 Å². The van der Waals surface area contributed by atoms with Crippen LogP contribution in [0.2, 0.25) is 0 Å². The summed E-state index contributed by atoms with van der Waals surface area (Å²) in [5.74, 6) is -1.43. The number of sulfonamides is 1. The molecule has 0 aliphatic heterocycles. The van der Waals surface area contributed by atoms with Crippen LogP contribution in [0.1, 0.15) is 16.1 Å². The largest absolute Gasteiger partial charge is 0.477 e. The number of hydrogen-bond acceptors (Lipinski definition) is 6. The van der Waals surface area contributed by atoms with Gasteiger partial charge in [-0.05, 0) is 25.1 Å². The van der Waals surface area contributed by atoms with E-state index in [1.165, 1.54) is 37.4 Å². The molecule has 0 unspecified atom stereocenters. The van der Waals surface area contributed by atoms with E-state index in [2.05, 4.69) is 4.98 Å². The van der Waals surface area contributed by atoms with Crippen molar-refractivity contribution in [2.75, 3.05) is 11.4 Å². The summed E-state index contributed by atoms with van der Waals surface area (Å²) in [4.78, 5) is 25.9. The van der Waals surface area contributed by atoms with Crippen molar-refractivity contribution >= 4 is 38.3 Å². The maximum atomic E-state index is 13.0. The average molecular weight is 401 g/mol. The Kier molecular flexibility index (Phi) is 4.73. The van der Waals surface area contributed by atoms with Crippen molar-refractivity contribution in [2.24, 2.45) is 0 Å². The van der Waals surface area contributed by atoms with Crippen molar-refractivity contribution in [1.29, 1.82) is 0 Å². The quantitative estimate of drug-likeness (QED) is 0.513. The highest BCUT2D eigenvalue weighted by molar-refractivity contribution is 7.92. The number of hydrogen-bond donors (Lipinski definition) is 1. The summed E-state index contributed by atoms with van der Waals surface area (Å²) in [5.41, 5.74) is -0.259. The Labute approximate surface area is 160 Å². The molecule has 0 aliphatic carbocycles. The van der Waals surface area contributed by atoms with Gasteiger partial charge >= 0.3 is 5.97 Å². The van der Waals surface area contributed by atoms with E-state index in [-0.39, 0.29) is 21.5 Å². The minimum absolute atomic E-state index is 0.00729. The van der Waals surface area contributed by atoms with Gasteiger partial charge in [-0.2, -0.15) is 0 Å². The van der Waals surface area contributed by atoms with Crippen LogP contribution < -0.4 is 4.31 Å². The summed E-state index contributed by atoms with van der Waals surface area (Å²) in [6.07, 6.45) is 0. The molecule has 9 nitrogen and oxygen atoms in total. The van der Waals surface area contributed by atoms with E-state index in [0.717, 1.165) is 15.9 Å². The fourth-order valence-corrected chi connectivity index (χ4v) is 3.94. The Morgan fingerprint density at radius 3 is 2.39 bits per heavy atom. The molecule has 1 N–H and O–H groups in total. The molecule has 0 amide bonds. The first-order valence-electron chi connectivity index (χ1n) is 8.00. The highest BCUT2D eigenvalue weighted by Gasteiger charge is 2.26. The number of nitro groups is 1. The first kappa shape index (κ1) is 19.2. The molecule has 3 rings (SSSR count). The molecule has 0 aliphatic rings. The van der Waals surface area contributed by atoms with Crippen LogP contribution >= 0.6 is 0 Å². The Balaban J connectivity index is 2.29. The second-order valence-electron chi connectivity index (χ2n) is 6.05. The third-order valence-electron chi connectivity index (χ3n) is 4.23. The molecule has 144 valence electrons. The van der Waals surface area contributed by atoms with Crippen LogP contribution in [0.4, 0.5) is 11.4 Å². The number of rotatable bonds is 5. The lowest BCUT2D eigenvalue weighted by Gasteiger charge is -2.21. The number of aromatic carboxylic acids is 1. The van der Waals surface area contributed by atoms with Crippen LogP contribution in [0.5, 0.6) is 0 Å². The molecule has 0 saturated heterocycles. The monoisotopic (exact) mass is 401 g/mol. The molecule has 28 heavy (non-hydrogen) atoms. The standard InChI is InChI=1S/C18H15N3O6S/c1-11-6-8-12(9-7-11)28(26,27)20(2)16-10-14(18(22)23)19-17-13(16)4-3-5-15(17)21(24)25/h3-10H,1-2H3,(H,22,23). The third kappa shape index (κ3) is 3.25. The summed E-state index contributed by atoms with van der Waals surface area (Å²) < 4.78 is 26.9. The van der Waals surface area contributed by atoms with Gasteiger partial charge in [0.2, 0.25) is 0 Å². The molecule has 10 heteroatoms. The number of para-hydroxylation sites is 1. The first-order chi connectivity index (χ1) is 13.1. The number of aryl methyl sites for hydroxylation is 1. The average Bonchev–Trinajstić information content (AvgIpc) is 2.66. The van der Waals surface area contributed by atoms with Crippen LogP contribution in [0.25, 0.3) is 10.9 Å². The predicted octanol–water partition coefficient (Wildman–Crippen LogP) is 2.97. The molecule has 0 saturated carbocycles. The second kappa shape index (κ2) is 6.89. The smallest absolute Gasteiger partial charge is 0.354 e. The fourth-order valence-electron chi connectivity index (χ4n) is 2.73. The molecular weight excluding hydrogens is 386 g/mol. The zero-order valence-electron chi connectivity index (χ0n) is 14.9. The van der Waals surface area contributed by atoms with Crippen LogP contribution in [0.3, 0.4) is 0 Å². The SMILES string of the molecule is Cc1ccc(S(=O)(=O)N(C)c2cc(C(=O)O)nc3c([N+](=O)[O-])cccc23)cc1. The minimum Gasteiger partial charge on any atom is -0.477 e. The van der Waals surface area contributed by atoms with E-state index in [9.17, 15) is 28.4 Å². The fraction of sp³-hybridized carbons (Fsp3) is 0.111. The Hall–Kier alpha value is -3.53. The van der Waals surface area contributed by atoms with Crippen LogP contribution in [-0.2, 0) is 10.0 Å². The number of nitrogens with zero attached hydrogens (tertiary/aromatic N) is 3. The first-order valence-corrected chi connectivity index (χ1v) is 9.44. The summed E-state index contributed by atoms with van der Waals surface area (Å²) in [6.45, 7) is 1.81. The van der Waals surface area contributed by atoms with Crippen molar-refractivity contribution in [2.45, 2.75) is 11.8 Å². The van der Waals surface area contributed by atoms with Gasteiger partial charge in [-0.3, -0.25) is 14.4 Å². The number of nitro benzene ring substituents is 1. The maximum Gasteiger partial charge on any atom is 0.354 e. The molecule has 2 aromatic carbocycles. The van der Waals surface area contributed by atoms with Gasteiger partial charge in [-0.15, -0.1) is 0 Å². The van der Waals surface area contributed by atoms with Crippen molar-refractivity contribution in [3.8, 4) is 0 Å². The number of benzene rings is 2. The summed E-state index contributed by atoms with van der Waals surface area (Å²) in [7, 11) is -2.77. The molecule has 0 fully saturated rings. The van der Waals surface area contributed by atoms with E-state index in [1.807, 2.05) is 6.92 Å². The van der Waals surface area contributed by atoms with Crippen molar-refractivity contribution < 1.29 is 23.2 Å². The van der Waals surface area contributed by atoms with E-state index in [0.29, 0.717) is 0 Å². The number of carbonyl (C=O) groups is 1. The van der Waals surface area contributed by atoms with Gasteiger partial charge in [0.05, 0.1) is 15.5 Å². The topological polar surface area (TPSA) is 131 Å². The molecule has 0 atom stereocenters. The Morgan fingerprint density at radius 2 is 1.82 bits per heavy atom. The maximum absolute atomic E-state index is 13.0. The van der Waals surface area contributed by atoms with Crippen molar-refractivity contribution in [3.05, 3.63) is 69.9 Å². The van der Waals surface area contributed by atoms with Crippen LogP contribution in [-0.4, -0.2) is 36.4 Å².